The van der Waals surface area contributed by atoms with Gasteiger partial charge in [-0.2, -0.15) is 0 Å². The highest BCUT2D eigenvalue weighted by Crippen LogP contribution is 2.20. The molecule has 23 N–H and O–H groups in total. The monoisotopic (exact) mass is 1290 g/mol. The molecule has 0 aliphatic rings. The lowest BCUT2D eigenvalue weighted by molar-refractivity contribution is -0.143. The summed E-state index contributed by atoms with van der Waals surface area (Å²) < 4.78 is 0. The molecule has 3 aromatic rings. The Labute approximate surface area is 531 Å². The van der Waals surface area contributed by atoms with Crippen LogP contribution in [0.15, 0.2) is 60.8 Å². The van der Waals surface area contributed by atoms with Crippen LogP contribution >= 0.6 is 0 Å². The number of aliphatic carboxylic acids is 3. The van der Waals surface area contributed by atoms with E-state index in [0.717, 1.165) is 33.1 Å². The number of nitrogens with one attached hydrogen (secondary N) is 11. The van der Waals surface area contributed by atoms with Crippen LogP contribution in [0.1, 0.15) is 115 Å². The summed E-state index contributed by atoms with van der Waals surface area (Å²) in [5.74, 6) is -14.7. The number of nitrogens with two attached hydrogens (primary N) is 4. The summed E-state index contributed by atoms with van der Waals surface area (Å²) in [5.41, 5.74) is 24.8. The summed E-state index contributed by atoms with van der Waals surface area (Å²) in [5, 5.41) is 64.2. The number of aliphatic hydroxyl groups is 1. The number of fused-ring (bicyclic) bond motifs is 1. The lowest BCUT2D eigenvalue weighted by atomic mass is 10.0. The van der Waals surface area contributed by atoms with Gasteiger partial charge in [0.25, 0.3) is 0 Å². The van der Waals surface area contributed by atoms with Gasteiger partial charge in [-0.1, -0.05) is 74.7 Å². The number of hydrogen-bond acceptors (Lipinski definition) is 18. The number of benzene rings is 2. The van der Waals surface area contributed by atoms with Crippen molar-refractivity contribution in [2.75, 3.05) is 26.2 Å². The van der Waals surface area contributed by atoms with Crippen LogP contribution in [0, 0.1) is 0 Å². The van der Waals surface area contributed by atoms with Crippen molar-refractivity contribution in [3.05, 3.63) is 71.9 Å². The number of carboxylic acid groups (broad SMARTS) is 3. The number of carbonyl (C=O) groups excluding carboxylic acids is 10. The largest absolute Gasteiger partial charge is 0.481 e. The Morgan fingerprint density at radius 1 is 0.457 bits per heavy atom. The Morgan fingerprint density at radius 2 is 0.891 bits per heavy atom. The molecule has 508 valence electrons. The minimum absolute atomic E-state index is 0.142. The van der Waals surface area contributed by atoms with Crippen molar-refractivity contribution < 1.29 is 82.8 Å². The third-order valence-electron chi connectivity index (χ3n) is 14.6. The standard InChI is InChI=1S/C60H91N15O17/c1-4-5-6-10-23-47(77)67-39(21-13-15-24-61)51(82)73-45(30-63)57(88)72-44(29-49(80)81)56(87)69-41(26-35-17-8-7-9-18-35)54(85)70-42(27-36-32-65-38-20-12-11-19-37(36)38)55(86)68-40(22-14-16-25-62)52(83)75-50(34(3)76)59(90)74-46(31-64)58(89)71-43(28-48(78)79)53(84)66-33(2)60(91)92/h7-9,11-12,17-20,32-34,39-46,50,65,76H,4-6,10,13-16,21-31,61-64H2,1-3H3,(H,66,84)(H,67,77)(H,68,86)(H,69,87)(H,70,85)(H,71,89)(H,72,88)(H,73,82)(H,74,90)(H,75,83)(H,78,79)(H,80,81)(H,91,92)/t33-,34+,39-,40-,41-,42+,43-,44-,45-,46-,50-/m0/s1. The Kier molecular flexibility index (Phi) is 34.0. The van der Waals surface area contributed by atoms with Crippen LogP contribution in [0.4, 0.5) is 0 Å². The van der Waals surface area contributed by atoms with E-state index in [2.05, 4.69) is 52.8 Å². The first kappa shape index (κ1) is 77.1. The average molecular weight is 1290 g/mol. The molecule has 0 aliphatic carbocycles. The lowest BCUT2D eigenvalue weighted by Gasteiger charge is -2.28. The predicted molar refractivity (Wildman–Crippen MR) is 334 cm³/mol. The first-order chi connectivity index (χ1) is 43.8. The molecule has 3 rings (SSSR count). The fraction of sp³-hybridized carbons (Fsp3) is 0.550. The molecule has 32 heteroatoms. The van der Waals surface area contributed by atoms with Crippen molar-refractivity contribution >= 4 is 87.9 Å². The first-order valence-corrected chi connectivity index (χ1v) is 30.5. The van der Waals surface area contributed by atoms with Crippen LogP contribution in [0.3, 0.4) is 0 Å². The maximum absolute atomic E-state index is 14.9. The molecule has 0 saturated heterocycles. The maximum Gasteiger partial charge on any atom is 0.325 e. The van der Waals surface area contributed by atoms with E-state index >= 15 is 0 Å². The molecule has 32 nitrogen and oxygen atoms in total. The van der Waals surface area contributed by atoms with Gasteiger partial charge in [0.15, 0.2) is 0 Å². The number of aromatic amines is 1. The molecule has 0 unspecified atom stereocenters. The van der Waals surface area contributed by atoms with Gasteiger partial charge in [0.1, 0.15) is 60.4 Å². The summed E-state index contributed by atoms with van der Waals surface area (Å²) in [7, 11) is 0. The normalized spacial score (nSPS) is 14.7. The SMILES string of the molecule is CCCCCCC(=O)N[C@@H](CCCCN)C(=O)N[C@@H](CN)C(=O)N[C@@H](CC(=O)O)C(=O)N[C@@H](Cc1ccccc1)C(=O)N[C@H](Cc1c[nH]c2ccccc12)C(=O)N[C@@H](CCCCN)C(=O)N[C@H](C(=O)N[C@@H](CN)C(=O)N[C@@H](CC(=O)O)C(=O)N[C@@H](C)C(=O)O)[C@@H](C)O. The van der Waals surface area contributed by atoms with E-state index in [0.29, 0.717) is 54.3 Å². The van der Waals surface area contributed by atoms with Gasteiger partial charge in [0, 0.05) is 49.5 Å². The number of unbranched alkanes of at least 4 members (excludes halogenated alkanes) is 5. The summed E-state index contributed by atoms with van der Waals surface area (Å²) >= 11 is 0. The molecule has 11 atom stereocenters. The molecule has 1 aromatic heterocycles. The summed E-state index contributed by atoms with van der Waals surface area (Å²) in [4.78, 5) is 177. The molecular weight excluding hydrogens is 1200 g/mol. The van der Waals surface area contributed by atoms with Gasteiger partial charge in [-0.05, 0) is 89.1 Å². The predicted octanol–water partition coefficient (Wildman–Crippen LogP) is -3.62. The van der Waals surface area contributed by atoms with Gasteiger partial charge in [-0.3, -0.25) is 62.3 Å². The first-order valence-electron chi connectivity index (χ1n) is 30.5. The summed E-state index contributed by atoms with van der Waals surface area (Å²) in [6, 6.07) is -1.16. The van der Waals surface area contributed by atoms with E-state index in [4.69, 9.17) is 22.9 Å². The van der Waals surface area contributed by atoms with E-state index < -0.39 is 164 Å². The van der Waals surface area contributed by atoms with Crippen LogP contribution < -0.4 is 76.1 Å². The molecule has 0 spiro atoms. The van der Waals surface area contributed by atoms with E-state index in [1.165, 1.54) is 0 Å². The Balaban J connectivity index is 1.99. The second kappa shape index (κ2) is 40.6. The Bertz CT molecular complexity index is 2970. The van der Waals surface area contributed by atoms with Crippen molar-refractivity contribution in [2.45, 2.75) is 184 Å². The Morgan fingerprint density at radius 3 is 1.40 bits per heavy atom. The fourth-order valence-corrected chi connectivity index (χ4v) is 9.45. The third-order valence-corrected chi connectivity index (χ3v) is 14.6. The Hall–Kier alpha value is -9.11. The van der Waals surface area contributed by atoms with E-state index in [9.17, 15) is 82.8 Å². The van der Waals surface area contributed by atoms with E-state index in [1.807, 2.05) is 12.2 Å². The van der Waals surface area contributed by atoms with Crippen LogP contribution in [-0.4, -0.2) is 195 Å². The van der Waals surface area contributed by atoms with Crippen LogP contribution in [-0.2, 0) is 75.2 Å². The molecule has 0 saturated carbocycles. The summed E-state index contributed by atoms with van der Waals surface area (Å²) in [6.45, 7) is 3.44. The van der Waals surface area contributed by atoms with Crippen molar-refractivity contribution in [3.63, 3.8) is 0 Å². The van der Waals surface area contributed by atoms with Crippen LogP contribution in [0.5, 0.6) is 0 Å². The lowest BCUT2D eigenvalue weighted by Crippen LogP contribution is -2.63. The zero-order valence-electron chi connectivity index (χ0n) is 52.0. The number of para-hydroxylation sites is 1. The molecule has 1 heterocycles. The zero-order valence-corrected chi connectivity index (χ0v) is 52.0. The second-order valence-electron chi connectivity index (χ2n) is 22.1. The molecule has 0 radical (unpaired) electrons. The van der Waals surface area contributed by atoms with Crippen molar-refractivity contribution in [3.8, 4) is 0 Å². The van der Waals surface area contributed by atoms with Gasteiger partial charge in [-0.15, -0.1) is 0 Å². The minimum atomic E-state index is -1.91. The summed E-state index contributed by atoms with van der Waals surface area (Å²) in [6.07, 6.45) is 2.12. The minimum Gasteiger partial charge on any atom is -0.481 e. The number of hydrogen-bond donors (Lipinski definition) is 19. The zero-order chi connectivity index (χ0) is 68.5. The van der Waals surface area contributed by atoms with Gasteiger partial charge < -0.3 is 102 Å². The molecule has 2 aromatic carbocycles. The molecule has 0 fully saturated rings. The van der Waals surface area contributed by atoms with Gasteiger partial charge in [0.2, 0.25) is 59.1 Å². The topological polar surface area (TPSA) is 543 Å². The van der Waals surface area contributed by atoms with Gasteiger partial charge in [0.05, 0.1) is 18.9 Å². The average Bonchev–Trinajstić information content (AvgIpc) is 1.68. The van der Waals surface area contributed by atoms with Gasteiger partial charge >= 0.3 is 17.9 Å². The second-order valence-corrected chi connectivity index (χ2v) is 22.1. The number of amides is 10. The highest BCUT2D eigenvalue weighted by atomic mass is 16.4. The van der Waals surface area contributed by atoms with Crippen molar-refractivity contribution in [1.82, 2.24) is 58.2 Å². The molecule has 92 heavy (non-hydrogen) atoms. The molecular formula is C60H91N15O17. The number of carbonyl (C=O) groups is 13. The number of rotatable bonds is 44. The fourth-order valence-electron chi connectivity index (χ4n) is 9.45. The molecule has 0 bridgehead atoms. The number of carboxylic acids is 3. The quantitative estimate of drug-likeness (QED) is 0.0243. The third kappa shape index (κ3) is 26.8. The van der Waals surface area contributed by atoms with E-state index in [-0.39, 0.29) is 51.0 Å². The number of aliphatic hydroxyl groups excluding tert-OH is 1. The van der Waals surface area contributed by atoms with Crippen molar-refractivity contribution in [1.29, 1.82) is 0 Å². The maximum atomic E-state index is 14.9. The number of aromatic nitrogens is 1. The van der Waals surface area contributed by atoms with E-state index in [1.54, 1.807) is 60.8 Å². The van der Waals surface area contributed by atoms with Crippen LogP contribution in [0.2, 0.25) is 0 Å². The van der Waals surface area contributed by atoms with Crippen LogP contribution in [0.25, 0.3) is 10.9 Å². The molecule has 10 amide bonds. The highest BCUT2D eigenvalue weighted by Gasteiger charge is 2.37. The van der Waals surface area contributed by atoms with Gasteiger partial charge in [-0.25, -0.2) is 0 Å². The highest BCUT2D eigenvalue weighted by molar-refractivity contribution is 6.00. The smallest absolute Gasteiger partial charge is 0.325 e. The molecule has 0 aliphatic heterocycles. The van der Waals surface area contributed by atoms with Crippen molar-refractivity contribution in [2.24, 2.45) is 22.9 Å². The number of H-pyrrole nitrogens is 1.